The average molecular weight is 552 g/mol. The van der Waals surface area contributed by atoms with Crippen LogP contribution in [-0.4, -0.2) is 14.8 Å². The molecule has 0 bridgehead atoms. The van der Waals surface area contributed by atoms with Crippen molar-refractivity contribution in [1.82, 2.24) is 14.8 Å². The Labute approximate surface area is 196 Å². The highest BCUT2D eigenvalue weighted by Gasteiger charge is 2.20. The van der Waals surface area contributed by atoms with Gasteiger partial charge in [-0.1, -0.05) is 33.8 Å². The molecule has 1 aromatic carbocycles. The minimum absolute atomic E-state index is 0.0264. The molecule has 0 saturated heterocycles. The van der Waals surface area contributed by atoms with E-state index < -0.39 is 21.3 Å². The third-order valence-electron chi connectivity index (χ3n) is 4.75. The first kappa shape index (κ1) is 22.1. The summed E-state index contributed by atoms with van der Waals surface area (Å²) in [4.78, 5) is 4.69. The van der Waals surface area contributed by atoms with Crippen LogP contribution in [0.1, 0.15) is 46.7 Å². The van der Waals surface area contributed by atoms with Gasteiger partial charge in [-0.15, -0.1) is 11.3 Å². The maximum absolute atomic E-state index is 14.8. The highest BCUT2D eigenvalue weighted by atomic mass is 127. The smallest absolute Gasteiger partial charge is 0.188 e. The number of anilines is 3. The van der Waals surface area contributed by atoms with Crippen LogP contribution in [-0.2, 0) is 12.0 Å². The van der Waals surface area contributed by atoms with Crippen molar-refractivity contribution in [2.45, 2.75) is 53.0 Å². The van der Waals surface area contributed by atoms with E-state index in [1.165, 1.54) is 11.3 Å². The van der Waals surface area contributed by atoms with Crippen LogP contribution >= 0.6 is 32.6 Å². The molecule has 2 aromatic heterocycles. The molecule has 1 aliphatic rings. The summed E-state index contributed by atoms with van der Waals surface area (Å²) in [5, 5.41) is 10.9. The zero-order valence-corrected chi connectivity index (χ0v) is 21.3. The number of rotatable bonds is 6. The number of aromatic nitrogens is 3. The topological polar surface area (TPSA) is 58.3 Å². The van der Waals surface area contributed by atoms with Gasteiger partial charge in [0, 0.05) is 35.2 Å². The molecule has 6 nitrogen and oxygen atoms in total. The molecular weight excluding hydrogens is 526 g/mol. The molecule has 9 heteroatoms. The second-order valence-electron chi connectivity index (χ2n) is 8.46. The molecule has 0 amide bonds. The van der Waals surface area contributed by atoms with Gasteiger partial charge >= 0.3 is 0 Å². The van der Waals surface area contributed by atoms with Gasteiger partial charge in [0.25, 0.3) is 0 Å². The second kappa shape index (κ2) is 8.78. The van der Waals surface area contributed by atoms with Gasteiger partial charge in [0.1, 0.15) is 32.9 Å². The lowest BCUT2D eigenvalue weighted by molar-refractivity contribution is 0.530. The van der Waals surface area contributed by atoms with Crippen LogP contribution in [0.15, 0.2) is 44.7 Å². The third-order valence-corrected chi connectivity index (χ3v) is 7.75. The molecule has 3 aromatic rings. The number of halogens is 2. The summed E-state index contributed by atoms with van der Waals surface area (Å²) in [6.07, 6.45) is 2.90. The van der Waals surface area contributed by atoms with Crippen LogP contribution < -0.4 is 8.43 Å². The number of nitrogens with zero attached hydrogens (tertiary/aromatic N) is 5. The fraction of sp³-hybridized carbons (Fsp3) is 0.364. The summed E-state index contributed by atoms with van der Waals surface area (Å²) in [5.74, 6) is 0.676. The van der Waals surface area contributed by atoms with Gasteiger partial charge in [-0.25, -0.2) is 17.2 Å². The van der Waals surface area contributed by atoms with E-state index in [4.69, 9.17) is 10.1 Å². The maximum Gasteiger partial charge on any atom is 0.188 e. The number of benzene rings is 1. The fourth-order valence-corrected chi connectivity index (χ4v) is 5.67. The predicted octanol–water partition coefficient (Wildman–Crippen LogP) is 7.35. The Balaban J connectivity index is 1.56. The van der Waals surface area contributed by atoms with E-state index in [0.29, 0.717) is 5.69 Å². The molecule has 0 saturated carbocycles. The molecule has 31 heavy (non-hydrogen) atoms. The van der Waals surface area contributed by atoms with E-state index >= 15 is 0 Å². The number of allylic oxidation sites excluding steroid dienone is 1. The first-order valence-corrected chi connectivity index (χ1v) is 13.0. The Bertz CT molecular complexity index is 1160. The van der Waals surface area contributed by atoms with Gasteiger partial charge in [-0.05, 0) is 25.5 Å². The fourth-order valence-electron chi connectivity index (χ4n) is 3.10. The van der Waals surface area contributed by atoms with Crippen molar-refractivity contribution in [2.24, 2.45) is 3.15 Å². The summed E-state index contributed by atoms with van der Waals surface area (Å²) in [6, 6.07) is 7.37. The summed E-state index contributed by atoms with van der Waals surface area (Å²) in [6.45, 7) is 11.4. The lowest BCUT2D eigenvalue weighted by atomic mass is 9.92. The summed E-state index contributed by atoms with van der Waals surface area (Å²) >= 11 is 0.934. The highest BCUT2D eigenvalue weighted by molar-refractivity contribution is 14.2. The maximum atomic E-state index is 14.8. The molecule has 0 fully saturated rings. The Morgan fingerprint density at radius 1 is 1.23 bits per heavy atom. The Morgan fingerprint density at radius 2 is 2.03 bits per heavy atom. The van der Waals surface area contributed by atoms with Crippen molar-refractivity contribution in [1.29, 1.82) is 0 Å². The van der Waals surface area contributed by atoms with Crippen LogP contribution in [0.3, 0.4) is 0 Å². The molecule has 1 N–H and O–H groups in total. The summed E-state index contributed by atoms with van der Waals surface area (Å²) in [7, 11) is 0. The average Bonchev–Trinajstić information content (AvgIpc) is 3.43. The minimum atomic E-state index is -0.569. The molecule has 0 aliphatic carbocycles. The molecule has 0 radical (unpaired) electrons. The van der Waals surface area contributed by atoms with Gasteiger partial charge in [0.15, 0.2) is 5.13 Å². The van der Waals surface area contributed by atoms with E-state index in [2.05, 4.69) is 42.2 Å². The van der Waals surface area contributed by atoms with Crippen molar-refractivity contribution in [2.75, 3.05) is 8.43 Å². The Morgan fingerprint density at radius 3 is 2.68 bits per heavy atom. The van der Waals surface area contributed by atoms with Crippen LogP contribution in [0.4, 0.5) is 21.0 Å². The predicted molar refractivity (Wildman–Crippen MR) is 135 cm³/mol. The zero-order valence-electron chi connectivity index (χ0n) is 18.3. The van der Waals surface area contributed by atoms with E-state index in [-0.39, 0.29) is 11.2 Å². The molecule has 164 valence electrons. The molecular formula is C22H26FIN6S. The minimum Gasteiger partial charge on any atom is -0.316 e. The van der Waals surface area contributed by atoms with Crippen LogP contribution in [0, 0.1) is 5.82 Å². The Kier molecular flexibility index (Phi) is 6.25. The first-order valence-electron chi connectivity index (χ1n) is 10.2. The van der Waals surface area contributed by atoms with Crippen molar-refractivity contribution in [3.63, 3.8) is 0 Å². The third kappa shape index (κ3) is 4.87. The molecule has 0 unspecified atom stereocenters. The lowest BCUT2D eigenvalue weighted by Gasteiger charge is -2.13. The SMILES string of the molecule is CCCn1nc(C(C)(C)C)cc1Nc1nc(-c2ccc(N3C=C(C)N=I3)c(F)c2)cs1. The largest absolute Gasteiger partial charge is 0.316 e. The summed E-state index contributed by atoms with van der Waals surface area (Å²) < 4.78 is 23.1. The molecule has 1 aliphatic heterocycles. The van der Waals surface area contributed by atoms with Crippen molar-refractivity contribution < 1.29 is 4.39 Å². The van der Waals surface area contributed by atoms with Gasteiger partial charge in [-0.2, -0.15) is 5.10 Å². The van der Waals surface area contributed by atoms with Gasteiger partial charge in [-0.3, -0.25) is 3.11 Å². The second-order valence-corrected chi connectivity index (χ2v) is 11.3. The normalized spacial score (nSPS) is 14.0. The molecule has 3 heterocycles. The molecule has 0 spiro atoms. The number of hydrogen-bond donors (Lipinski definition) is 1. The van der Waals surface area contributed by atoms with E-state index in [1.54, 1.807) is 6.07 Å². The molecule has 0 atom stereocenters. The van der Waals surface area contributed by atoms with Crippen LogP contribution in [0.25, 0.3) is 11.3 Å². The van der Waals surface area contributed by atoms with Crippen LogP contribution in [0.2, 0.25) is 0 Å². The van der Waals surface area contributed by atoms with E-state index in [0.717, 1.165) is 46.6 Å². The van der Waals surface area contributed by atoms with Gasteiger partial charge in [0.05, 0.1) is 22.8 Å². The quantitative estimate of drug-likeness (QED) is 0.257. The molecule has 4 rings (SSSR count). The van der Waals surface area contributed by atoms with Gasteiger partial charge < -0.3 is 5.32 Å². The number of aryl methyl sites for hydroxylation is 1. The number of hydrogen-bond acceptors (Lipinski definition) is 6. The Hall–Kier alpha value is -2.14. The van der Waals surface area contributed by atoms with Crippen molar-refractivity contribution >= 4 is 49.3 Å². The lowest BCUT2D eigenvalue weighted by Crippen LogP contribution is -2.13. The first-order chi connectivity index (χ1) is 14.7. The monoisotopic (exact) mass is 552 g/mol. The number of thiazole rings is 1. The zero-order chi connectivity index (χ0) is 22.2. The van der Waals surface area contributed by atoms with Crippen LogP contribution in [0.5, 0.6) is 0 Å². The van der Waals surface area contributed by atoms with E-state index in [9.17, 15) is 4.39 Å². The number of nitrogens with one attached hydrogen (secondary N) is 1. The van der Waals surface area contributed by atoms with Gasteiger partial charge in [0.2, 0.25) is 0 Å². The van der Waals surface area contributed by atoms with Crippen molar-refractivity contribution in [3.05, 3.63) is 53.1 Å². The summed E-state index contributed by atoms with van der Waals surface area (Å²) in [5.41, 5.74) is 4.05. The highest BCUT2D eigenvalue weighted by Crippen LogP contribution is 2.36. The standard InChI is InChI=1S/C22H26FIN6S/c1-6-9-30-20(11-19(28-30)22(3,4)5)26-21-25-17(13-31-21)15-7-8-18(16(23)10-15)29-12-14(2)27-24-29/h7-8,10-13H,6,9H2,1-5H3,(H,25,26). The van der Waals surface area contributed by atoms with E-state index in [1.807, 2.05) is 38.4 Å². The van der Waals surface area contributed by atoms with Crippen molar-refractivity contribution in [3.8, 4) is 11.3 Å².